The minimum Gasteiger partial charge on any atom is -0.478 e. The summed E-state index contributed by atoms with van der Waals surface area (Å²) in [5.41, 5.74) is 0.964. The first-order valence-corrected chi connectivity index (χ1v) is 9.75. The van der Waals surface area contributed by atoms with E-state index in [1.165, 1.54) is 0 Å². The number of ether oxygens (including phenoxy) is 1. The lowest BCUT2D eigenvalue weighted by Crippen LogP contribution is -2.25. The van der Waals surface area contributed by atoms with Gasteiger partial charge in [-0.25, -0.2) is 4.98 Å². The molecule has 27 heavy (non-hydrogen) atoms. The molecule has 1 N–H and O–H groups in total. The topological polar surface area (TPSA) is 51.2 Å². The Balaban J connectivity index is 1.53. The molecule has 0 bridgehead atoms. The molecule has 0 spiro atoms. The first-order valence-electron chi connectivity index (χ1n) is 9.75. The third-order valence-corrected chi connectivity index (χ3v) is 4.02. The molecule has 0 aliphatic heterocycles. The number of nitrogens with zero attached hydrogens (tertiary/aromatic N) is 1. The second kappa shape index (κ2) is 11.9. The van der Waals surface area contributed by atoms with Crippen LogP contribution in [0.1, 0.15) is 39.5 Å². The van der Waals surface area contributed by atoms with Crippen LogP contribution in [0, 0.1) is 5.92 Å². The molecule has 4 nitrogen and oxygen atoms in total. The molecule has 1 aromatic heterocycles. The number of pyridine rings is 1. The predicted octanol–water partition coefficient (Wildman–Crippen LogP) is 5.06. The zero-order valence-electron chi connectivity index (χ0n) is 16.4. The maximum atomic E-state index is 11.5. The average molecular weight is 367 g/mol. The van der Waals surface area contributed by atoms with Crippen LogP contribution >= 0.6 is 0 Å². The number of aromatic nitrogens is 1. The molecule has 144 valence electrons. The van der Waals surface area contributed by atoms with Crippen LogP contribution in [0.3, 0.4) is 0 Å². The van der Waals surface area contributed by atoms with Gasteiger partial charge in [-0.05, 0) is 43.7 Å². The number of carbonyl (C=O) groups is 1. The SMILES string of the molecule is CC(C)CNC(=O)C=CC=CCCCCCOc1ccc2ccccc2n1. The van der Waals surface area contributed by atoms with Crippen molar-refractivity contribution in [2.24, 2.45) is 5.92 Å². The number of fused-ring (bicyclic) bond motifs is 1. The molecular formula is C23H30N2O2. The van der Waals surface area contributed by atoms with Gasteiger partial charge in [0.15, 0.2) is 0 Å². The highest BCUT2D eigenvalue weighted by Gasteiger charge is 1.99. The molecule has 0 radical (unpaired) electrons. The number of rotatable bonds is 11. The van der Waals surface area contributed by atoms with Crippen LogP contribution in [0.25, 0.3) is 10.9 Å². The summed E-state index contributed by atoms with van der Waals surface area (Å²) < 4.78 is 5.74. The summed E-state index contributed by atoms with van der Waals surface area (Å²) in [5, 5.41) is 3.98. The lowest BCUT2D eigenvalue weighted by atomic mass is 10.2. The number of para-hydroxylation sites is 1. The Morgan fingerprint density at radius 3 is 2.81 bits per heavy atom. The molecule has 1 aromatic carbocycles. The number of amides is 1. The van der Waals surface area contributed by atoms with Crippen LogP contribution in [-0.2, 0) is 4.79 Å². The molecule has 0 aliphatic carbocycles. The fraction of sp³-hybridized carbons (Fsp3) is 0.391. The van der Waals surface area contributed by atoms with Gasteiger partial charge in [-0.2, -0.15) is 0 Å². The normalized spacial score (nSPS) is 11.7. The number of carbonyl (C=O) groups excluding carboxylic acids is 1. The van der Waals surface area contributed by atoms with Gasteiger partial charge in [-0.15, -0.1) is 0 Å². The molecule has 0 unspecified atom stereocenters. The maximum Gasteiger partial charge on any atom is 0.243 e. The number of hydrogen-bond donors (Lipinski definition) is 1. The van der Waals surface area contributed by atoms with Crippen molar-refractivity contribution in [3.05, 3.63) is 60.7 Å². The van der Waals surface area contributed by atoms with E-state index in [0.717, 1.165) is 36.6 Å². The van der Waals surface area contributed by atoms with Crippen LogP contribution in [0.5, 0.6) is 5.88 Å². The van der Waals surface area contributed by atoms with Crippen LogP contribution < -0.4 is 10.1 Å². The summed E-state index contributed by atoms with van der Waals surface area (Å²) in [5.74, 6) is 1.13. The van der Waals surface area contributed by atoms with Crippen molar-refractivity contribution in [3.8, 4) is 5.88 Å². The van der Waals surface area contributed by atoms with Crippen molar-refractivity contribution >= 4 is 16.8 Å². The predicted molar refractivity (Wildman–Crippen MR) is 112 cm³/mol. The summed E-state index contributed by atoms with van der Waals surface area (Å²) >= 11 is 0. The summed E-state index contributed by atoms with van der Waals surface area (Å²) in [6.45, 7) is 5.55. The fourth-order valence-electron chi connectivity index (χ4n) is 2.53. The molecule has 0 saturated carbocycles. The first kappa shape index (κ1) is 20.7. The van der Waals surface area contributed by atoms with Crippen LogP contribution in [-0.4, -0.2) is 24.0 Å². The smallest absolute Gasteiger partial charge is 0.243 e. The lowest BCUT2D eigenvalue weighted by Gasteiger charge is -2.06. The minimum atomic E-state index is -0.0344. The molecule has 2 rings (SSSR count). The van der Waals surface area contributed by atoms with Gasteiger partial charge in [0.25, 0.3) is 0 Å². The van der Waals surface area contributed by atoms with E-state index in [1.807, 2.05) is 42.5 Å². The van der Waals surface area contributed by atoms with E-state index >= 15 is 0 Å². The standard InChI is InChI=1S/C23H30N2O2/c1-19(2)18-24-22(26)14-8-6-4-3-5-7-11-17-27-23-16-15-20-12-9-10-13-21(20)25-23/h4,6,8-10,12-16,19H,3,5,7,11,17-18H2,1-2H3,(H,24,26). The van der Waals surface area contributed by atoms with Gasteiger partial charge in [-0.1, -0.05) is 50.3 Å². The minimum absolute atomic E-state index is 0.0344. The van der Waals surface area contributed by atoms with Crippen LogP contribution in [0.2, 0.25) is 0 Å². The molecule has 0 aliphatic rings. The number of unbranched alkanes of at least 4 members (excludes halogenated alkanes) is 3. The maximum absolute atomic E-state index is 11.5. The highest BCUT2D eigenvalue weighted by Crippen LogP contribution is 2.16. The van der Waals surface area contributed by atoms with Crippen LogP contribution in [0.15, 0.2) is 60.7 Å². The molecule has 0 saturated heterocycles. The molecule has 1 heterocycles. The molecule has 2 aromatic rings. The van der Waals surface area contributed by atoms with Gasteiger partial charge in [0.05, 0.1) is 12.1 Å². The lowest BCUT2D eigenvalue weighted by molar-refractivity contribution is -0.116. The Bertz CT molecular complexity index is 766. The largest absolute Gasteiger partial charge is 0.478 e. The van der Waals surface area contributed by atoms with E-state index in [-0.39, 0.29) is 5.91 Å². The molecular weight excluding hydrogens is 336 g/mol. The van der Waals surface area contributed by atoms with Gasteiger partial charge in [0, 0.05) is 24.1 Å². The first-order chi connectivity index (χ1) is 13.1. The second-order valence-corrected chi connectivity index (χ2v) is 6.97. The third-order valence-electron chi connectivity index (χ3n) is 4.02. The third kappa shape index (κ3) is 8.54. The number of allylic oxidation sites excluding steroid dienone is 3. The fourth-order valence-corrected chi connectivity index (χ4v) is 2.53. The Morgan fingerprint density at radius 2 is 1.96 bits per heavy atom. The Labute approximate surface area is 162 Å². The Morgan fingerprint density at radius 1 is 1.11 bits per heavy atom. The van der Waals surface area contributed by atoms with Crippen molar-refractivity contribution in [1.82, 2.24) is 10.3 Å². The van der Waals surface area contributed by atoms with Crippen molar-refractivity contribution in [2.45, 2.75) is 39.5 Å². The number of benzene rings is 1. The van der Waals surface area contributed by atoms with E-state index in [1.54, 1.807) is 12.2 Å². The van der Waals surface area contributed by atoms with E-state index in [2.05, 4.69) is 30.2 Å². The molecule has 1 amide bonds. The molecule has 0 fully saturated rings. The number of nitrogens with one attached hydrogen (secondary N) is 1. The Kier molecular flexibility index (Phi) is 9.11. The highest BCUT2D eigenvalue weighted by atomic mass is 16.5. The Hall–Kier alpha value is -2.62. The van der Waals surface area contributed by atoms with Gasteiger partial charge >= 0.3 is 0 Å². The monoisotopic (exact) mass is 366 g/mol. The second-order valence-electron chi connectivity index (χ2n) is 6.97. The summed E-state index contributed by atoms with van der Waals surface area (Å²) in [6.07, 6.45) is 11.6. The van der Waals surface area contributed by atoms with Gasteiger partial charge in [0.1, 0.15) is 0 Å². The summed E-state index contributed by atoms with van der Waals surface area (Å²) in [6, 6.07) is 12.0. The van der Waals surface area contributed by atoms with Crippen molar-refractivity contribution in [1.29, 1.82) is 0 Å². The molecule has 4 heteroatoms. The van der Waals surface area contributed by atoms with Gasteiger partial charge in [-0.3, -0.25) is 4.79 Å². The highest BCUT2D eigenvalue weighted by molar-refractivity contribution is 5.87. The zero-order valence-corrected chi connectivity index (χ0v) is 16.4. The van der Waals surface area contributed by atoms with Gasteiger partial charge < -0.3 is 10.1 Å². The zero-order chi connectivity index (χ0) is 19.3. The summed E-state index contributed by atoms with van der Waals surface area (Å²) in [4.78, 5) is 16.0. The summed E-state index contributed by atoms with van der Waals surface area (Å²) in [7, 11) is 0. The van der Waals surface area contributed by atoms with Gasteiger partial charge in [0.2, 0.25) is 11.8 Å². The van der Waals surface area contributed by atoms with Crippen molar-refractivity contribution in [3.63, 3.8) is 0 Å². The van der Waals surface area contributed by atoms with Crippen molar-refractivity contribution < 1.29 is 9.53 Å². The van der Waals surface area contributed by atoms with Crippen LogP contribution in [0.4, 0.5) is 0 Å². The molecule has 0 atom stereocenters. The van der Waals surface area contributed by atoms with E-state index in [0.29, 0.717) is 24.9 Å². The number of hydrogen-bond acceptors (Lipinski definition) is 3. The van der Waals surface area contributed by atoms with Crippen molar-refractivity contribution in [2.75, 3.05) is 13.2 Å². The van der Waals surface area contributed by atoms with E-state index < -0.39 is 0 Å². The average Bonchev–Trinajstić information content (AvgIpc) is 2.67. The van der Waals surface area contributed by atoms with E-state index in [4.69, 9.17) is 4.74 Å². The van der Waals surface area contributed by atoms with E-state index in [9.17, 15) is 4.79 Å². The quantitative estimate of drug-likeness (QED) is 0.344.